The lowest BCUT2D eigenvalue weighted by Crippen LogP contribution is -2.22. The van der Waals surface area contributed by atoms with Gasteiger partial charge < -0.3 is 15.4 Å². The van der Waals surface area contributed by atoms with Crippen molar-refractivity contribution in [2.24, 2.45) is 0 Å². The van der Waals surface area contributed by atoms with Crippen LogP contribution in [0.4, 0.5) is 11.4 Å². The monoisotopic (exact) mass is 387 g/mol. The van der Waals surface area contributed by atoms with E-state index in [2.05, 4.69) is 32.6 Å². The molecule has 0 spiro atoms. The van der Waals surface area contributed by atoms with Gasteiger partial charge >= 0.3 is 8.25 Å². The van der Waals surface area contributed by atoms with Crippen LogP contribution in [0.2, 0.25) is 0 Å². The molecule has 0 heterocycles. The molecule has 0 unspecified atom stereocenters. The minimum atomic E-state index is -1.85. The number of methoxy groups -OCH3 is 1. The summed E-state index contributed by atoms with van der Waals surface area (Å²) in [6.45, 7) is 11.4. The molecule has 0 aliphatic heterocycles. The highest BCUT2D eigenvalue weighted by atomic mass is 31.1. The molecule has 0 aromatic heterocycles. The first-order valence-corrected chi connectivity index (χ1v) is 10.5. The molecule has 0 aliphatic rings. The largest absolute Gasteiger partial charge is 0.697 e. The fraction of sp³-hybridized carbons (Fsp3) is 0.684. The zero-order chi connectivity index (χ0) is 19.8. The van der Waals surface area contributed by atoms with Crippen LogP contribution in [0.5, 0.6) is 5.75 Å². The average Bonchev–Trinajstić information content (AvgIpc) is 2.64. The Bertz CT molecular complexity index is 484. The number of nitrogens with two attached hydrogens (primary N) is 1. The standard InChI is InChI=1S/C11H18N2O.C8H18O3P/c1-4-13(5-2)10-8-9(12)6-7-11(10)14-3;1-3-5-7-10-12(9)11-8-6-4-2/h6-8H,4-5,12H2,1-3H3;3-8H2,1-2H3/q;+1. The molecule has 2 N–H and O–H groups in total. The molecule has 1 rings (SSSR count). The van der Waals surface area contributed by atoms with Gasteiger partial charge in [-0.3, -0.25) is 0 Å². The van der Waals surface area contributed by atoms with Crippen LogP contribution in [0.25, 0.3) is 0 Å². The summed E-state index contributed by atoms with van der Waals surface area (Å²) in [5.74, 6) is 0.878. The molecular formula is C19H36N2O4P+. The van der Waals surface area contributed by atoms with E-state index in [1.54, 1.807) is 7.11 Å². The second-order valence-electron chi connectivity index (χ2n) is 5.70. The summed E-state index contributed by atoms with van der Waals surface area (Å²) < 4.78 is 26.0. The minimum Gasteiger partial charge on any atom is -0.495 e. The summed E-state index contributed by atoms with van der Waals surface area (Å²) in [5, 5.41) is 0. The molecule has 150 valence electrons. The summed E-state index contributed by atoms with van der Waals surface area (Å²) in [6.07, 6.45) is 3.99. The molecule has 26 heavy (non-hydrogen) atoms. The highest BCUT2D eigenvalue weighted by molar-refractivity contribution is 7.33. The van der Waals surface area contributed by atoms with E-state index in [1.807, 2.05) is 18.2 Å². The number of rotatable bonds is 12. The molecule has 1 aromatic rings. The van der Waals surface area contributed by atoms with Gasteiger partial charge in [0.2, 0.25) is 0 Å². The van der Waals surface area contributed by atoms with Crippen LogP contribution in [-0.4, -0.2) is 33.4 Å². The number of anilines is 2. The molecule has 0 atom stereocenters. The first-order valence-electron chi connectivity index (χ1n) is 9.45. The van der Waals surface area contributed by atoms with Crippen molar-refractivity contribution >= 4 is 19.6 Å². The Morgan fingerprint density at radius 2 is 1.54 bits per heavy atom. The molecule has 7 heteroatoms. The van der Waals surface area contributed by atoms with Crippen LogP contribution >= 0.6 is 8.25 Å². The van der Waals surface area contributed by atoms with E-state index in [0.29, 0.717) is 13.2 Å². The quantitative estimate of drug-likeness (QED) is 0.294. The van der Waals surface area contributed by atoms with Gasteiger partial charge in [-0.25, -0.2) is 0 Å². The van der Waals surface area contributed by atoms with Gasteiger partial charge in [-0.1, -0.05) is 26.7 Å². The van der Waals surface area contributed by atoms with Crippen molar-refractivity contribution in [2.45, 2.75) is 53.4 Å². The number of unbranched alkanes of at least 4 members (excludes halogenated alkanes) is 2. The lowest BCUT2D eigenvalue weighted by Gasteiger charge is -2.23. The molecule has 0 bridgehead atoms. The summed E-state index contributed by atoms with van der Waals surface area (Å²) in [5.41, 5.74) is 7.59. The summed E-state index contributed by atoms with van der Waals surface area (Å²) >= 11 is 0. The number of nitrogens with zero attached hydrogens (tertiary/aromatic N) is 1. The topological polar surface area (TPSA) is 74.0 Å². The SMILES string of the molecule is CCCCO[P+](=O)OCCCC.CCN(CC)c1cc(N)ccc1OC. The maximum atomic E-state index is 10.9. The highest BCUT2D eigenvalue weighted by Gasteiger charge is 2.18. The van der Waals surface area contributed by atoms with Crippen molar-refractivity contribution < 1.29 is 18.3 Å². The maximum Gasteiger partial charge on any atom is 0.697 e. The molecule has 0 radical (unpaired) electrons. The van der Waals surface area contributed by atoms with E-state index in [0.717, 1.165) is 55.9 Å². The highest BCUT2D eigenvalue weighted by Crippen LogP contribution is 2.29. The lowest BCUT2D eigenvalue weighted by atomic mass is 10.2. The van der Waals surface area contributed by atoms with Crippen LogP contribution in [0.3, 0.4) is 0 Å². The molecule has 1 aromatic carbocycles. The van der Waals surface area contributed by atoms with E-state index in [1.165, 1.54) is 0 Å². The number of hydrogen-bond acceptors (Lipinski definition) is 6. The van der Waals surface area contributed by atoms with Crippen LogP contribution in [0.15, 0.2) is 18.2 Å². The van der Waals surface area contributed by atoms with Gasteiger partial charge in [0.15, 0.2) is 0 Å². The van der Waals surface area contributed by atoms with Crippen LogP contribution in [0, 0.1) is 0 Å². The zero-order valence-corrected chi connectivity index (χ0v) is 17.9. The van der Waals surface area contributed by atoms with E-state index in [-0.39, 0.29) is 0 Å². The predicted molar refractivity (Wildman–Crippen MR) is 110 cm³/mol. The van der Waals surface area contributed by atoms with E-state index >= 15 is 0 Å². The molecule has 0 fully saturated rings. The van der Waals surface area contributed by atoms with Crippen LogP contribution in [-0.2, 0) is 13.6 Å². The normalized spacial score (nSPS) is 10.0. The molecule has 0 amide bonds. The Balaban J connectivity index is 0.000000488. The van der Waals surface area contributed by atoms with Crippen LogP contribution in [0.1, 0.15) is 53.4 Å². The third kappa shape index (κ3) is 10.6. The lowest BCUT2D eigenvalue weighted by molar-refractivity contribution is 0.221. The van der Waals surface area contributed by atoms with Gasteiger partial charge in [-0.15, -0.1) is 9.05 Å². The first-order chi connectivity index (χ1) is 12.5. The Morgan fingerprint density at radius 1 is 1.00 bits per heavy atom. The first kappa shape index (κ1) is 24.6. The van der Waals surface area contributed by atoms with Gasteiger partial charge in [0.1, 0.15) is 19.0 Å². The van der Waals surface area contributed by atoms with Crippen LogP contribution < -0.4 is 15.4 Å². The van der Waals surface area contributed by atoms with Gasteiger partial charge in [-0.05, 0) is 44.9 Å². The van der Waals surface area contributed by atoms with Crippen molar-refractivity contribution in [3.63, 3.8) is 0 Å². The van der Waals surface area contributed by atoms with Crippen molar-refractivity contribution in [1.82, 2.24) is 0 Å². The predicted octanol–water partition coefficient (Wildman–Crippen LogP) is 5.40. The smallest absolute Gasteiger partial charge is 0.495 e. The fourth-order valence-corrected chi connectivity index (χ4v) is 2.75. The van der Waals surface area contributed by atoms with E-state index in [9.17, 15) is 4.57 Å². The van der Waals surface area contributed by atoms with Crippen molar-refractivity contribution in [1.29, 1.82) is 0 Å². The van der Waals surface area contributed by atoms with Gasteiger partial charge in [0.25, 0.3) is 0 Å². The van der Waals surface area contributed by atoms with Crippen molar-refractivity contribution in [2.75, 3.05) is 44.0 Å². The second kappa shape index (κ2) is 15.9. The zero-order valence-electron chi connectivity index (χ0n) is 17.0. The Labute approximate surface area is 159 Å². The number of ether oxygens (including phenoxy) is 1. The Hall–Kier alpha value is -1.36. The molecule has 0 saturated heterocycles. The summed E-state index contributed by atoms with van der Waals surface area (Å²) in [4.78, 5) is 2.22. The van der Waals surface area contributed by atoms with Gasteiger partial charge in [0, 0.05) is 23.3 Å². The second-order valence-corrected chi connectivity index (χ2v) is 6.66. The molecular weight excluding hydrogens is 351 g/mol. The summed E-state index contributed by atoms with van der Waals surface area (Å²) in [7, 11) is -0.175. The molecule has 6 nitrogen and oxygen atoms in total. The number of nitrogen functional groups attached to an aromatic ring is 1. The van der Waals surface area contributed by atoms with Crippen molar-refractivity contribution in [3.05, 3.63) is 18.2 Å². The fourth-order valence-electron chi connectivity index (χ4n) is 2.12. The van der Waals surface area contributed by atoms with E-state index in [4.69, 9.17) is 19.5 Å². The maximum absolute atomic E-state index is 10.9. The minimum absolute atomic E-state index is 0.540. The Kier molecular flexibility index (Phi) is 15.0. The number of hydrogen-bond donors (Lipinski definition) is 1. The van der Waals surface area contributed by atoms with Gasteiger partial charge in [0.05, 0.1) is 12.8 Å². The van der Waals surface area contributed by atoms with Gasteiger partial charge in [-0.2, -0.15) is 0 Å². The molecule has 0 saturated carbocycles. The van der Waals surface area contributed by atoms with Crippen molar-refractivity contribution in [3.8, 4) is 5.75 Å². The Morgan fingerprint density at radius 3 is 1.96 bits per heavy atom. The molecule has 0 aliphatic carbocycles. The third-order valence-electron chi connectivity index (χ3n) is 3.70. The van der Waals surface area contributed by atoms with E-state index < -0.39 is 8.25 Å². The average molecular weight is 387 g/mol. The summed E-state index contributed by atoms with van der Waals surface area (Å²) in [6, 6.07) is 5.71. The number of benzene rings is 1. The third-order valence-corrected chi connectivity index (χ3v) is 4.48.